The molecule has 0 aromatic heterocycles. The molecule has 0 aromatic rings. The predicted molar refractivity (Wildman–Crippen MR) is 69.0 cm³/mol. The van der Waals surface area contributed by atoms with Gasteiger partial charge in [0.2, 0.25) is 5.91 Å². The molecule has 0 aliphatic heterocycles. The maximum absolute atomic E-state index is 11.3. The molecule has 0 unspecified atom stereocenters. The Morgan fingerprint density at radius 2 is 1.61 bits per heavy atom. The van der Waals surface area contributed by atoms with Gasteiger partial charge in [-0.25, -0.2) is 0 Å². The van der Waals surface area contributed by atoms with Crippen LogP contribution < -0.4 is 5.73 Å². The third kappa shape index (κ3) is 7.65. The Bertz CT molecular complexity index is 268. The molecular weight excluding hydrogens is 258 g/mol. The van der Waals surface area contributed by atoms with E-state index in [2.05, 4.69) is 17.4 Å². The minimum absolute atomic E-state index is 0.0955. The van der Waals surface area contributed by atoms with E-state index < -0.39 is 17.8 Å². The zero-order chi connectivity index (χ0) is 14.0. The topological polar surface area (TPSA) is 87.9 Å². The standard InChI is InChI=1S/C11H21NO5S/c1-15-11(12,16-2)7-3-5-9(13)17-10(14)6-4-8-18/h18H,3-8,12H2,1-2H3. The molecule has 0 bridgehead atoms. The van der Waals surface area contributed by atoms with Crippen LogP contribution in [0.5, 0.6) is 0 Å². The Morgan fingerprint density at radius 3 is 2.06 bits per heavy atom. The van der Waals surface area contributed by atoms with Gasteiger partial charge < -0.3 is 14.2 Å². The fourth-order valence-corrected chi connectivity index (χ4v) is 1.38. The quantitative estimate of drug-likeness (QED) is 0.281. The lowest BCUT2D eigenvalue weighted by molar-refractivity contribution is -0.207. The van der Waals surface area contributed by atoms with Crippen LogP contribution in [0.4, 0.5) is 0 Å². The van der Waals surface area contributed by atoms with Crippen molar-refractivity contribution >= 4 is 24.6 Å². The average Bonchev–Trinajstić information content (AvgIpc) is 2.36. The van der Waals surface area contributed by atoms with Crippen LogP contribution in [-0.4, -0.2) is 37.8 Å². The third-order valence-electron chi connectivity index (χ3n) is 2.36. The van der Waals surface area contributed by atoms with Crippen molar-refractivity contribution in [2.45, 2.75) is 38.0 Å². The lowest BCUT2D eigenvalue weighted by Gasteiger charge is -2.25. The summed E-state index contributed by atoms with van der Waals surface area (Å²) in [5.74, 6) is -1.70. The van der Waals surface area contributed by atoms with Gasteiger partial charge in [0, 0.05) is 33.5 Å². The van der Waals surface area contributed by atoms with E-state index in [0.717, 1.165) is 0 Å². The minimum Gasteiger partial charge on any atom is -0.393 e. The molecule has 0 saturated carbocycles. The van der Waals surface area contributed by atoms with Crippen LogP contribution in [-0.2, 0) is 23.8 Å². The van der Waals surface area contributed by atoms with E-state index in [1.807, 2.05) is 0 Å². The van der Waals surface area contributed by atoms with Gasteiger partial charge in [0.15, 0.2) is 0 Å². The van der Waals surface area contributed by atoms with Crippen molar-refractivity contribution in [1.29, 1.82) is 0 Å². The Hall–Kier alpha value is -0.630. The Balaban J connectivity index is 3.80. The molecule has 0 fully saturated rings. The van der Waals surface area contributed by atoms with Crippen LogP contribution in [0.25, 0.3) is 0 Å². The first-order chi connectivity index (χ1) is 8.47. The minimum atomic E-state index is -1.20. The second-order valence-electron chi connectivity index (χ2n) is 3.75. The maximum atomic E-state index is 11.3. The van der Waals surface area contributed by atoms with Crippen LogP contribution in [0.1, 0.15) is 32.1 Å². The Labute approximate surface area is 113 Å². The molecule has 0 saturated heterocycles. The van der Waals surface area contributed by atoms with Gasteiger partial charge in [-0.3, -0.25) is 15.3 Å². The largest absolute Gasteiger partial charge is 0.393 e. The smallest absolute Gasteiger partial charge is 0.313 e. The molecule has 0 spiro atoms. The Kier molecular flexibility index (Phi) is 8.99. The second-order valence-corrected chi connectivity index (χ2v) is 4.19. The van der Waals surface area contributed by atoms with Crippen molar-refractivity contribution in [2.75, 3.05) is 20.0 Å². The lowest BCUT2D eigenvalue weighted by atomic mass is 10.2. The first-order valence-electron chi connectivity index (χ1n) is 5.71. The summed E-state index contributed by atoms with van der Waals surface area (Å²) in [7, 11) is 2.84. The average molecular weight is 279 g/mol. The lowest BCUT2D eigenvalue weighted by Crippen LogP contribution is -2.43. The van der Waals surface area contributed by atoms with Crippen LogP contribution in [0.15, 0.2) is 0 Å². The second kappa shape index (κ2) is 9.32. The summed E-state index contributed by atoms with van der Waals surface area (Å²) in [5, 5.41) is 0. The maximum Gasteiger partial charge on any atom is 0.313 e. The summed E-state index contributed by atoms with van der Waals surface area (Å²) in [6.07, 6.45) is 1.63. The summed E-state index contributed by atoms with van der Waals surface area (Å²) in [6.45, 7) is 0. The van der Waals surface area contributed by atoms with Gasteiger partial charge in [-0.15, -0.1) is 0 Å². The number of ether oxygens (including phenoxy) is 3. The van der Waals surface area contributed by atoms with E-state index in [-0.39, 0.29) is 12.8 Å². The van der Waals surface area contributed by atoms with E-state index in [4.69, 9.17) is 15.2 Å². The molecule has 0 aromatic carbocycles. The van der Waals surface area contributed by atoms with Crippen molar-refractivity contribution < 1.29 is 23.8 Å². The number of nitrogens with two attached hydrogens (primary N) is 1. The first kappa shape index (κ1) is 17.4. The highest BCUT2D eigenvalue weighted by atomic mass is 32.1. The highest BCUT2D eigenvalue weighted by molar-refractivity contribution is 7.80. The molecule has 0 atom stereocenters. The highest BCUT2D eigenvalue weighted by Gasteiger charge is 2.23. The SMILES string of the molecule is COC(N)(CCCC(=O)OC(=O)CCCS)OC. The molecule has 0 amide bonds. The van der Waals surface area contributed by atoms with Crippen LogP contribution in [0.2, 0.25) is 0 Å². The summed E-state index contributed by atoms with van der Waals surface area (Å²) in [5.41, 5.74) is 5.68. The Morgan fingerprint density at radius 1 is 1.11 bits per heavy atom. The van der Waals surface area contributed by atoms with E-state index >= 15 is 0 Å². The number of carbonyl (C=O) groups is 2. The van der Waals surface area contributed by atoms with E-state index in [1.165, 1.54) is 14.2 Å². The van der Waals surface area contributed by atoms with Crippen LogP contribution >= 0.6 is 12.6 Å². The van der Waals surface area contributed by atoms with Gasteiger partial charge in [0.25, 0.3) is 0 Å². The fraction of sp³-hybridized carbons (Fsp3) is 0.818. The number of hydrogen-bond acceptors (Lipinski definition) is 7. The number of esters is 2. The normalized spacial score (nSPS) is 11.3. The van der Waals surface area contributed by atoms with Gasteiger partial charge in [-0.1, -0.05) is 0 Å². The van der Waals surface area contributed by atoms with E-state index in [0.29, 0.717) is 25.0 Å². The summed E-state index contributed by atoms with van der Waals surface area (Å²) >= 11 is 3.96. The monoisotopic (exact) mass is 279 g/mol. The molecule has 0 aliphatic rings. The summed E-state index contributed by atoms with van der Waals surface area (Å²) in [6, 6.07) is 0. The van der Waals surface area contributed by atoms with Gasteiger partial charge in [0.1, 0.15) is 0 Å². The van der Waals surface area contributed by atoms with Crippen LogP contribution in [0.3, 0.4) is 0 Å². The van der Waals surface area contributed by atoms with Gasteiger partial charge in [0.05, 0.1) is 0 Å². The number of rotatable bonds is 9. The fourth-order valence-electron chi connectivity index (χ4n) is 1.22. The number of carbonyl (C=O) groups excluding carboxylic acids is 2. The van der Waals surface area contributed by atoms with Gasteiger partial charge in [-0.05, 0) is 18.6 Å². The molecule has 2 N–H and O–H groups in total. The molecule has 0 radical (unpaired) electrons. The van der Waals surface area contributed by atoms with Crippen LogP contribution in [0, 0.1) is 0 Å². The molecule has 0 aliphatic carbocycles. The molecular formula is C11H21NO5S. The van der Waals surface area contributed by atoms with Crippen molar-refractivity contribution in [1.82, 2.24) is 0 Å². The summed E-state index contributed by atoms with van der Waals surface area (Å²) in [4.78, 5) is 22.4. The molecule has 106 valence electrons. The predicted octanol–water partition coefficient (Wildman–Crippen LogP) is 0.842. The third-order valence-corrected chi connectivity index (χ3v) is 2.68. The van der Waals surface area contributed by atoms with Crippen molar-refractivity contribution in [3.05, 3.63) is 0 Å². The summed E-state index contributed by atoms with van der Waals surface area (Å²) < 4.78 is 14.5. The molecule has 0 rings (SSSR count). The van der Waals surface area contributed by atoms with Crippen molar-refractivity contribution in [2.24, 2.45) is 5.73 Å². The van der Waals surface area contributed by atoms with Gasteiger partial charge >= 0.3 is 11.9 Å². The molecule has 7 heteroatoms. The number of thiol groups is 1. The van der Waals surface area contributed by atoms with E-state index in [1.54, 1.807) is 0 Å². The zero-order valence-electron chi connectivity index (χ0n) is 10.8. The van der Waals surface area contributed by atoms with Crippen molar-refractivity contribution in [3.63, 3.8) is 0 Å². The van der Waals surface area contributed by atoms with Gasteiger partial charge in [-0.2, -0.15) is 12.6 Å². The first-order valence-corrected chi connectivity index (χ1v) is 6.34. The zero-order valence-corrected chi connectivity index (χ0v) is 11.7. The molecule has 18 heavy (non-hydrogen) atoms. The number of hydrogen-bond donors (Lipinski definition) is 2. The molecule has 0 heterocycles. The number of methoxy groups -OCH3 is 2. The van der Waals surface area contributed by atoms with E-state index in [9.17, 15) is 9.59 Å². The highest BCUT2D eigenvalue weighted by Crippen LogP contribution is 2.13. The molecule has 6 nitrogen and oxygen atoms in total. The van der Waals surface area contributed by atoms with Crippen molar-refractivity contribution in [3.8, 4) is 0 Å².